The van der Waals surface area contributed by atoms with Crippen LogP contribution in [0.3, 0.4) is 0 Å². The Hall–Kier alpha value is -2.60. The summed E-state index contributed by atoms with van der Waals surface area (Å²) >= 11 is 3.47. The molecule has 5 nitrogen and oxygen atoms in total. The molecule has 0 aliphatic carbocycles. The molecule has 2 N–H and O–H groups in total. The number of hydrogen-bond donors (Lipinski definition) is 2. The Balaban J connectivity index is 1.77. The van der Waals surface area contributed by atoms with Gasteiger partial charge in [0.1, 0.15) is 23.2 Å². The summed E-state index contributed by atoms with van der Waals surface area (Å²) in [5.41, 5.74) is 1.90. The lowest BCUT2D eigenvalue weighted by Crippen LogP contribution is -2.01. The fraction of sp³-hybridized carbons (Fsp3) is 0.158. The van der Waals surface area contributed by atoms with Crippen LogP contribution in [0.5, 0.6) is 5.75 Å². The smallest absolute Gasteiger partial charge is 0.136 e. The summed E-state index contributed by atoms with van der Waals surface area (Å²) in [5, 5.41) is 6.59. The second-order valence-corrected chi connectivity index (χ2v) is 6.32. The van der Waals surface area contributed by atoms with E-state index < -0.39 is 0 Å². The average Bonchev–Trinajstić information content (AvgIpc) is 2.56. The van der Waals surface area contributed by atoms with E-state index in [0.717, 1.165) is 33.2 Å². The second kappa shape index (κ2) is 7.98. The topological polar surface area (TPSA) is 59.1 Å². The third-order valence-electron chi connectivity index (χ3n) is 3.37. The molecule has 0 spiro atoms. The largest absolute Gasteiger partial charge is 0.494 e. The van der Waals surface area contributed by atoms with E-state index in [-0.39, 0.29) is 0 Å². The molecular formula is C19H19BrN4O. The SMILES string of the molecule is CCOc1ccc(Nc2cc(Nc3cccc(Br)c3)nc(C)n2)cc1. The minimum absolute atomic E-state index is 0.655. The van der Waals surface area contributed by atoms with Gasteiger partial charge in [-0.05, 0) is 56.3 Å². The van der Waals surface area contributed by atoms with Crippen molar-refractivity contribution >= 4 is 38.9 Å². The van der Waals surface area contributed by atoms with E-state index in [9.17, 15) is 0 Å². The maximum Gasteiger partial charge on any atom is 0.136 e. The molecule has 0 amide bonds. The summed E-state index contributed by atoms with van der Waals surface area (Å²) in [6, 6.07) is 17.6. The molecule has 0 unspecified atom stereocenters. The monoisotopic (exact) mass is 398 g/mol. The van der Waals surface area contributed by atoms with Crippen molar-refractivity contribution in [2.75, 3.05) is 17.2 Å². The van der Waals surface area contributed by atoms with Gasteiger partial charge in [0.2, 0.25) is 0 Å². The number of nitrogens with zero attached hydrogens (tertiary/aromatic N) is 2. The Bertz CT molecular complexity index is 852. The summed E-state index contributed by atoms with van der Waals surface area (Å²) in [7, 11) is 0. The lowest BCUT2D eigenvalue weighted by Gasteiger charge is -2.11. The quantitative estimate of drug-likeness (QED) is 0.579. The van der Waals surface area contributed by atoms with E-state index in [0.29, 0.717) is 12.4 Å². The van der Waals surface area contributed by atoms with Crippen molar-refractivity contribution in [3.8, 4) is 5.75 Å². The van der Waals surface area contributed by atoms with Crippen LogP contribution in [0.2, 0.25) is 0 Å². The van der Waals surface area contributed by atoms with Crippen LogP contribution >= 0.6 is 15.9 Å². The molecule has 3 rings (SSSR count). The van der Waals surface area contributed by atoms with Crippen LogP contribution in [0.25, 0.3) is 0 Å². The van der Waals surface area contributed by atoms with Gasteiger partial charge in [-0.2, -0.15) is 0 Å². The van der Waals surface area contributed by atoms with Crippen LogP contribution < -0.4 is 15.4 Å². The Kier molecular flexibility index (Phi) is 5.50. The molecule has 0 saturated carbocycles. The summed E-state index contributed by atoms with van der Waals surface area (Å²) in [6.07, 6.45) is 0. The predicted octanol–water partition coefficient (Wildman–Crippen LogP) is 5.43. The lowest BCUT2D eigenvalue weighted by atomic mass is 10.3. The van der Waals surface area contributed by atoms with E-state index >= 15 is 0 Å². The van der Waals surface area contributed by atoms with E-state index in [4.69, 9.17) is 4.74 Å². The Labute approximate surface area is 155 Å². The molecular weight excluding hydrogens is 380 g/mol. The van der Waals surface area contributed by atoms with E-state index in [1.165, 1.54) is 0 Å². The highest BCUT2D eigenvalue weighted by Gasteiger charge is 2.04. The highest BCUT2D eigenvalue weighted by molar-refractivity contribution is 9.10. The Morgan fingerprint density at radius 1 is 0.920 bits per heavy atom. The minimum atomic E-state index is 0.655. The van der Waals surface area contributed by atoms with Gasteiger partial charge in [0.05, 0.1) is 6.61 Å². The first-order valence-corrected chi connectivity index (χ1v) is 8.80. The average molecular weight is 399 g/mol. The Morgan fingerprint density at radius 2 is 1.60 bits per heavy atom. The van der Waals surface area contributed by atoms with Gasteiger partial charge < -0.3 is 15.4 Å². The van der Waals surface area contributed by atoms with Gasteiger partial charge in [0.25, 0.3) is 0 Å². The highest BCUT2D eigenvalue weighted by Crippen LogP contribution is 2.23. The highest BCUT2D eigenvalue weighted by atomic mass is 79.9. The van der Waals surface area contributed by atoms with Crippen molar-refractivity contribution in [3.05, 3.63) is 64.9 Å². The van der Waals surface area contributed by atoms with Crippen molar-refractivity contribution in [2.45, 2.75) is 13.8 Å². The third-order valence-corrected chi connectivity index (χ3v) is 3.87. The molecule has 128 valence electrons. The first-order valence-electron chi connectivity index (χ1n) is 8.00. The van der Waals surface area contributed by atoms with E-state index in [2.05, 4.69) is 36.5 Å². The van der Waals surface area contributed by atoms with Gasteiger partial charge in [-0.1, -0.05) is 22.0 Å². The third kappa shape index (κ3) is 4.93. The summed E-state index contributed by atoms with van der Waals surface area (Å²) in [4.78, 5) is 8.89. The van der Waals surface area contributed by atoms with Gasteiger partial charge in [-0.15, -0.1) is 0 Å². The van der Waals surface area contributed by atoms with E-state index in [1.54, 1.807) is 0 Å². The number of rotatable bonds is 6. The van der Waals surface area contributed by atoms with Gasteiger partial charge in [-0.25, -0.2) is 9.97 Å². The zero-order valence-corrected chi connectivity index (χ0v) is 15.7. The second-order valence-electron chi connectivity index (χ2n) is 5.40. The van der Waals surface area contributed by atoms with Crippen molar-refractivity contribution in [1.82, 2.24) is 9.97 Å². The van der Waals surface area contributed by atoms with Crippen LogP contribution in [0, 0.1) is 6.92 Å². The van der Waals surface area contributed by atoms with E-state index in [1.807, 2.05) is 68.4 Å². The van der Waals surface area contributed by atoms with Crippen molar-refractivity contribution in [3.63, 3.8) is 0 Å². The molecule has 0 aliphatic rings. The number of anilines is 4. The van der Waals surface area contributed by atoms with Crippen molar-refractivity contribution in [1.29, 1.82) is 0 Å². The van der Waals surface area contributed by atoms with Crippen LogP contribution in [0.1, 0.15) is 12.7 Å². The zero-order chi connectivity index (χ0) is 17.6. The van der Waals surface area contributed by atoms with Crippen LogP contribution in [0.15, 0.2) is 59.1 Å². The first-order chi connectivity index (χ1) is 12.1. The number of halogens is 1. The molecule has 25 heavy (non-hydrogen) atoms. The maximum atomic E-state index is 5.46. The number of nitrogens with one attached hydrogen (secondary N) is 2. The first kappa shape index (κ1) is 17.2. The fourth-order valence-corrected chi connectivity index (χ4v) is 2.76. The molecule has 0 radical (unpaired) electrons. The van der Waals surface area contributed by atoms with Gasteiger partial charge in [-0.3, -0.25) is 0 Å². The maximum absolute atomic E-state index is 5.46. The molecule has 1 heterocycles. The summed E-state index contributed by atoms with van der Waals surface area (Å²) in [6.45, 7) is 4.49. The molecule has 1 aromatic heterocycles. The molecule has 2 aromatic carbocycles. The predicted molar refractivity (Wildman–Crippen MR) is 105 cm³/mol. The van der Waals surface area contributed by atoms with Crippen LogP contribution in [-0.4, -0.2) is 16.6 Å². The van der Waals surface area contributed by atoms with Crippen LogP contribution in [-0.2, 0) is 0 Å². The minimum Gasteiger partial charge on any atom is -0.494 e. The zero-order valence-electron chi connectivity index (χ0n) is 14.1. The molecule has 3 aromatic rings. The summed E-state index contributed by atoms with van der Waals surface area (Å²) in [5.74, 6) is 3.01. The molecule has 0 fully saturated rings. The molecule has 0 aliphatic heterocycles. The van der Waals surface area contributed by atoms with Gasteiger partial charge in [0, 0.05) is 21.9 Å². The molecule has 0 atom stereocenters. The number of ether oxygens (including phenoxy) is 1. The lowest BCUT2D eigenvalue weighted by molar-refractivity contribution is 0.340. The number of hydrogen-bond acceptors (Lipinski definition) is 5. The van der Waals surface area contributed by atoms with Crippen molar-refractivity contribution < 1.29 is 4.74 Å². The fourth-order valence-electron chi connectivity index (χ4n) is 2.36. The normalized spacial score (nSPS) is 10.4. The number of benzene rings is 2. The Morgan fingerprint density at radius 3 is 2.24 bits per heavy atom. The van der Waals surface area contributed by atoms with Crippen LogP contribution in [0.4, 0.5) is 23.0 Å². The molecule has 0 saturated heterocycles. The number of aromatic nitrogens is 2. The van der Waals surface area contributed by atoms with Gasteiger partial charge >= 0.3 is 0 Å². The molecule has 6 heteroatoms. The van der Waals surface area contributed by atoms with Crippen molar-refractivity contribution in [2.24, 2.45) is 0 Å². The summed E-state index contributed by atoms with van der Waals surface area (Å²) < 4.78 is 6.47. The van der Waals surface area contributed by atoms with Gasteiger partial charge in [0.15, 0.2) is 0 Å². The molecule has 0 bridgehead atoms. The standard InChI is InChI=1S/C19H19BrN4O/c1-3-25-17-9-7-15(8-10-17)23-18-12-19(22-13(2)21-18)24-16-6-4-5-14(20)11-16/h4-12H,3H2,1-2H3,(H2,21,22,23,24). The number of aryl methyl sites for hydroxylation is 1.